The normalized spacial score (nSPS) is 14.0. The minimum atomic E-state index is -4.91. The summed E-state index contributed by atoms with van der Waals surface area (Å²) in [5.74, 6) is -1.71. The molecular formula is C10H10F3NO5S. The largest absolute Gasteiger partial charge is 0.480 e. The van der Waals surface area contributed by atoms with Gasteiger partial charge in [0.1, 0.15) is 6.04 Å². The molecule has 0 radical (unpaired) electrons. The van der Waals surface area contributed by atoms with Crippen LogP contribution < -0.4 is 4.72 Å². The Morgan fingerprint density at radius 2 is 1.85 bits per heavy atom. The highest BCUT2D eigenvalue weighted by molar-refractivity contribution is 7.89. The fourth-order valence-corrected chi connectivity index (χ4v) is 2.76. The zero-order valence-corrected chi connectivity index (χ0v) is 10.6. The molecule has 0 spiro atoms. The number of aliphatic hydroxyl groups excluding tert-OH is 1. The van der Waals surface area contributed by atoms with Crippen molar-refractivity contribution in [3.8, 4) is 0 Å². The molecule has 1 aromatic rings. The number of aliphatic hydroxyl groups is 1. The monoisotopic (exact) mass is 313 g/mol. The number of hydrogen-bond donors (Lipinski definition) is 3. The van der Waals surface area contributed by atoms with Crippen LogP contribution in [0.15, 0.2) is 29.2 Å². The molecule has 0 aliphatic rings. The van der Waals surface area contributed by atoms with Gasteiger partial charge in [0.25, 0.3) is 0 Å². The van der Waals surface area contributed by atoms with Gasteiger partial charge in [-0.05, 0) is 12.1 Å². The summed E-state index contributed by atoms with van der Waals surface area (Å²) in [5, 5.41) is 17.3. The van der Waals surface area contributed by atoms with E-state index in [1.165, 1.54) is 4.72 Å². The van der Waals surface area contributed by atoms with Gasteiger partial charge >= 0.3 is 12.1 Å². The van der Waals surface area contributed by atoms with E-state index < -0.39 is 45.3 Å². The van der Waals surface area contributed by atoms with Crippen molar-refractivity contribution in [3.05, 3.63) is 29.8 Å². The quantitative estimate of drug-likeness (QED) is 0.731. The number of benzene rings is 1. The molecule has 1 rings (SSSR count). The minimum Gasteiger partial charge on any atom is -0.480 e. The van der Waals surface area contributed by atoms with Crippen LogP contribution in [0.1, 0.15) is 5.56 Å². The van der Waals surface area contributed by atoms with Crippen LogP contribution in [-0.4, -0.2) is 37.2 Å². The Morgan fingerprint density at radius 3 is 2.30 bits per heavy atom. The molecule has 3 N–H and O–H groups in total. The maximum atomic E-state index is 12.7. The predicted molar refractivity (Wildman–Crippen MR) is 60.3 cm³/mol. The third kappa shape index (κ3) is 3.68. The summed E-state index contributed by atoms with van der Waals surface area (Å²) in [6.45, 7) is -1.09. The Morgan fingerprint density at radius 1 is 1.30 bits per heavy atom. The van der Waals surface area contributed by atoms with E-state index in [2.05, 4.69) is 0 Å². The molecule has 0 heterocycles. The highest BCUT2D eigenvalue weighted by Gasteiger charge is 2.37. The van der Waals surface area contributed by atoms with Crippen molar-refractivity contribution in [1.29, 1.82) is 0 Å². The second-order valence-electron chi connectivity index (χ2n) is 3.69. The van der Waals surface area contributed by atoms with Gasteiger partial charge in [0.2, 0.25) is 10.0 Å². The van der Waals surface area contributed by atoms with E-state index in [1.807, 2.05) is 0 Å². The van der Waals surface area contributed by atoms with E-state index in [0.717, 1.165) is 12.1 Å². The molecular weight excluding hydrogens is 303 g/mol. The van der Waals surface area contributed by atoms with Gasteiger partial charge < -0.3 is 10.2 Å². The van der Waals surface area contributed by atoms with Crippen LogP contribution in [0.25, 0.3) is 0 Å². The summed E-state index contributed by atoms with van der Waals surface area (Å²) in [6, 6.07) is 1.40. The first-order valence-corrected chi connectivity index (χ1v) is 6.60. The smallest absolute Gasteiger partial charge is 0.417 e. The van der Waals surface area contributed by atoms with Crippen molar-refractivity contribution in [1.82, 2.24) is 4.72 Å². The van der Waals surface area contributed by atoms with Crippen molar-refractivity contribution in [2.75, 3.05) is 6.61 Å². The van der Waals surface area contributed by atoms with Crippen molar-refractivity contribution >= 4 is 16.0 Å². The summed E-state index contributed by atoms with van der Waals surface area (Å²) in [5.41, 5.74) is -1.42. The molecule has 112 valence electrons. The van der Waals surface area contributed by atoms with Crippen LogP contribution in [0.4, 0.5) is 13.2 Å². The molecule has 6 nitrogen and oxygen atoms in total. The van der Waals surface area contributed by atoms with E-state index in [0.29, 0.717) is 12.1 Å². The molecule has 1 aromatic carbocycles. The van der Waals surface area contributed by atoms with E-state index in [-0.39, 0.29) is 0 Å². The summed E-state index contributed by atoms with van der Waals surface area (Å²) < 4.78 is 63.2. The van der Waals surface area contributed by atoms with Crippen molar-refractivity contribution in [3.63, 3.8) is 0 Å². The Hall–Kier alpha value is -1.65. The van der Waals surface area contributed by atoms with Crippen LogP contribution in [0.3, 0.4) is 0 Å². The maximum Gasteiger partial charge on any atom is 0.417 e. The van der Waals surface area contributed by atoms with Crippen LogP contribution in [-0.2, 0) is 21.0 Å². The highest BCUT2D eigenvalue weighted by atomic mass is 32.2. The van der Waals surface area contributed by atoms with E-state index >= 15 is 0 Å². The van der Waals surface area contributed by atoms with Crippen LogP contribution >= 0.6 is 0 Å². The number of aliphatic carboxylic acids is 1. The molecule has 0 aliphatic carbocycles. The van der Waals surface area contributed by atoms with Crippen molar-refractivity contribution in [2.45, 2.75) is 17.1 Å². The lowest BCUT2D eigenvalue weighted by atomic mass is 10.2. The van der Waals surface area contributed by atoms with Gasteiger partial charge in [-0.2, -0.15) is 17.9 Å². The van der Waals surface area contributed by atoms with Crippen molar-refractivity contribution < 1.29 is 36.6 Å². The lowest BCUT2D eigenvalue weighted by Crippen LogP contribution is -2.43. The average molecular weight is 313 g/mol. The number of alkyl halides is 3. The molecule has 0 amide bonds. The molecule has 0 bridgehead atoms. The van der Waals surface area contributed by atoms with Gasteiger partial charge in [-0.25, -0.2) is 8.42 Å². The Bertz CT molecular complexity index is 599. The standard InChI is InChI=1S/C10H10F3NO5S/c11-10(12,13)6-3-1-2-4-8(6)20(18,19)14-7(5-15)9(16)17/h1-4,7,14-15H,5H2,(H,16,17). The van der Waals surface area contributed by atoms with Gasteiger partial charge in [0.15, 0.2) is 0 Å². The molecule has 0 aromatic heterocycles. The molecule has 0 saturated carbocycles. The van der Waals surface area contributed by atoms with E-state index in [4.69, 9.17) is 10.2 Å². The minimum absolute atomic E-state index is 0.559. The van der Waals surface area contributed by atoms with Gasteiger partial charge in [0, 0.05) is 0 Å². The van der Waals surface area contributed by atoms with Crippen molar-refractivity contribution in [2.24, 2.45) is 0 Å². The first-order valence-electron chi connectivity index (χ1n) is 5.12. The lowest BCUT2D eigenvalue weighted by Gasteiger charge is -2.16. The fourth-order valence-electron chi connectivity index (χ4n) is 1.35. The highest BCUT2D eigenvalue weighted by Crippen LogP contribution is 2.33. The summed E-state index contributed by atoms with van der Waals surface area (Å²) in [4.78, 5) is 9.51. The third-order valence-electron chi connectivity index (χ3n) is 2.26. The zero-order valence-electron chi connectivity index (χ0n) is 9.76. The molecule has 0 fully saturated rings. The Balaban J connectivity index is 3.27. The topological polar surface area (TPSA) is 104 Å². The molecule has 1 atom stereocenters. The van der Waals surface area contributed by atoms with E-state index in [1.54, 1.807) is 0 Å². The average Bonchev–Trinajstić information content (AvgIpc) is 2.34. The number of rotatable bonds is 5. The Kier molecular flexibility index (Phi) is 4.73. The summed E-state index contributed by atoms with van der Waals surface area (Å²) in [6.07, 6.45) is -4.91. The van der Waals surface area contributed by atoms with Crippen LogP contribution in [0.5, 0.6) is 0 Å². The van der Waals surface area contributed by atoms with Gasteiger partial charge in [-0.15, -0.1) is 0 Å². The lowest BCUT2D eigenvalue weighted by molar-refractivity contribution is -0.140. The van der Waals surface area contributed by atoms with Gasteiger partial charge in [-0.1, -0.05) is 12.1 Å². The second-order valence-corrected chi connectivity index (χ2v) is 5.37. The first kappa shape index (κ1) is 16.4. The first-order chi connectivity index (χ1) is 9.09. The van der Waals surface area contributed by atoms with Crippen LogP contribution in [0.2, 0.25) is 0 Å². The van der Waals surface area contributed by atoms with Gasteiger partial charge in [-0.3, -0.25) is 4.79 Å². The zero-order chi connectivity index (χ0) is 15.6. The number of carboxylic acids is 1. The number of carboxylic acid groups (broad SMARTS) is 1. The summed E-state index contributed by atoms with van der Waals surface area (Å²) in [7, 11) is -4.74. The van der Waals surface area contributed by atoms with Gasteiger partial charge in [0.05, 0.1) is 17.1 Å². The molecule has 10 heteroatoms. The number of hydrogen-bond acceptors (Lipinski definition) is 4. The molecule has 0 saturated heterocycles. The number of sulfonamides is 1. The third-order valence-corrected chi connectivity index (χ3v) is 3.79. The molecule has 20 heavy (non-hydrogen) atoms. The molecule has 1 unspecified atom stereocenters. The predicted octanol–water partition coefficient (Wildman–Crippen LogP) is 0.429. The SMILES string of the molecule is O=C(O)C(CO)NS(=O)(=O)c1ccccc1C(F)(F)F. The second kappa shape index (κ2) is 5.77. The maximum absolute atomic E-state index is 12.7. The Labute approximate surface area is 111 Å². The number of halogens is 3. The number of carbonyl (C=O) groups is 1. The van der Waals surface area contributed by atoms with Crippen LogP contribution in [0, 0.1) is 0 Å². The number of nitrogens with one attached hydrogen (secondary N) is 1. The fraction of sp³-hybridized carbons (Fsp3) is 0.300. The summed E-state index contributed by atoms with van der Waals surface area (Å²) >= 11 is 0. The van der Waals surface area contributed by atoms with E-state index in [9.17, 15) is 26.4 Å². The molecule has 0 aliphatic heterocycles.